The van der Waals surface area contributed by atoms with Crippen LogP contribution in [0.25, 0.3) is 6.08 Å². The van der Waals surface area contributed by atoms with Crippen LogP contribution in [0.1, 0.15) is 36.5 Å². The van der Waals surface area contributed by atoms with E-state index in [9.17, 15) is 4.79 Å². The molecule has 0 aromatic heterocycles. The van der Waals surface area contributed by atoms with Gasteiger partial charge in [0.05, 0.1) is 6.61 Å². The first-order valence-electron chi connectivity index (χ1n) is 6.44. The van der Waals surface area contributed by atoms with Gasteiger partial charge < -0.3 is 4.74 Å². The number of nitrogens with zero attached hydrogens (tertiary/aromatic N) is 1. The number of carbonyl (C=O) groups is 1. The molecule has 0 spiro atoms. The zero-order valence-corrected chi connectivity index (χ0v) is 11.7. The second kappa shape index (κ2) is 7.38. The van der Waals surface area contributed by atoms with Crippen molar-refractivity contribution < 1.29 is 9.53 Å². The van der Waals surface area contributed by atoms with E-state index >= 15 is 0 Å². The molecule has 0 aliphatic rings. The third-order valence-corrected chi connectivity index (χ3v) is 2.81. The first kappa shape index (κ1) is 15.0. The zero-order valence-electron chi connectivity index (χ0n) is 11.7. The summed E-state index contributed by atoms with van der Waals surface area (Å²) in [5, 5.41) is 9.06. The lowest BCUT2D eigenvalue weighted by atomic mass is 10.0. The standard InChI is InChI=1S/C16H19NO2/c1-4-5-8-19-16(18)15(11-17)10-14-9-12(2)6-7-13(14)3/h6-7,9-10H,4-5,8H2,1-3H3/b15-10+. The van der Waals surface area contributed by atoms with Gasteiger partial charge in [0.1, 0.15) is 11.6 Å². The topological polar surface area (TPSA) is 50.1 Å². The van der Waals surface area contributed by atoms with E-state index in [-0.39, 0.29) is 5.57 Å². The number of ether oxygens (including phenoxy) is 1. The Bertz CT molecular complexity index is 524. The molecule has 3 nitrogen and oxygen atoms in total. The largest absolute Gasteiger partial charge is 0.462 e. The van der Waals surface area contributed by atoms with Crippen LogP contribution < -0.4 is 0 Å². The first-order chi connectivity index (χ1) is 9.08. The number of hydrogen-bond donors (Lipinski definition) is 0. The summed E-state index contributed by atoms with van der Waals surface area (Å²) in [5.41, 5.74) is 3.04. The number of nitriles is 1. The average molecular weight is 257 g/mol. The summed E-state index contributed by atoms with van der Waals surface area (Å²) in [6.45, 7) is 6.30. The molecule has 0 saturated heterocycles. The Morgan fingerprint density at radius 2 is 2.16 bits per heavy atom. The first-order valence-corrected chi connectivity index (χ1v) is 6.44. The predicted octanol–water partition coefficient (Wildman–Crippen LogP) is 3.55. The van der Waals surface area contributed by atoms with Gasteiger partial charge in [0.2, 0.25) is 0 Å². The zero-order chi connectivity index (χ0) is 14.3. The molecular formula is C16H19NO2. The van der Waals surface area contributed by atoms with E-state index in [1.54, 1.807) is 6.08 Å². The Kier molecular flexibility index (Phi) is 5.81. The normalized spacial score (nSPS) is 10.9. The minimum absolute atomic E-state index is 0.0461. The van der Waals surface area contributed by atoms with Crippen molar-refractivity contribution in [3.05, 3.63) is 40.5 Å². The summed E-state index contributed by atoms with van der Waals surface area (Å²) < 4.78 is 5.05. The lowest BCUT2D eigenvalue weighted by Crippen LogP contribution is -2.07. The molecule has 0 aliphatic heterocycles. The van der Waals surface area contributed by atoms with Crippen LogP contribution in [-0.4, -0.2) is 12.6 Å². The Labute approximate surface area is 114 Å². The Morgan fingerprint density at radius 1 is 1.42 bits per heavy atom. The monoisotopic (exact) mass is 257 g/mol. The van der Waals surface area contributed by atoms with Crippen LogP contribution in [0, 0.1) is 25.2 Å². The molecule has 0 fully saturated rings. The molecule has 0 saturated carbocycles. The van der Waals surface area contributed by atoms with Crippen molar-refractivity contribution in [2.75, 3.05) is 6.61 Å². The van der Waals surface area contributed by atoms with Gasteiger partial charge in [0.15, 0.2) is 0 Å². The van der Waals surface area contributed by atoms with E-state index < -0.39 is 5.97 Å². The highest BCUT2D eigenvalue weighted by Gasteiger charge is 2.11. The summed E-state index contributed by atoms with van der Waals surface area (Å²) in [5.74, 6) is -0.545. The van der Waals surface area contributed by atoms with Gasteiger partial charge in [-0.05, 0) is 37.5 Å². The highest BCUT2D eigenvalue weighted by Crippen LogP contribution is 2.15. The molecule has 0 amide bonds. The molecule has 0 bridgehead atoms. The van der Waals surface area contributed by atoms with Gasteiger partial charge in [0, 0.05) is 0 Å². The van der Waals surface area contributed by atoms with Gasteiger partial charge in [-0.15, -0.1) is 0 Å². The van der Waals surface area contributed by atoms with Crippen molar-refractivity contribution in [1.82, 2.24) is 0 Å². The van der Waals surface area contributed by atoms with Crippen molar-refractivity contribution in [2.24, 2.45) is 0 Å². The predicted molar refractivity (Wildman–Crippen MR) is 75.4 cm³/mol. The lowest BCUT2D eigenvalue weighted by molar-refractivity contribution is -0.138. The van der Waals surface area contributed by atoms with E-state index in [1.165, 1.54) is 0 Å². The van der Waals surface area contributed by atoms with Gasteiger partial charge in [-0.1, -0.05) is 37.1 Å². The van der Waals surface area contributed by atoms with Crippen LogP contribution in [-0.2, 0) is 9.53 Å². The van der Waals surface area contributed by atoms with Gasteiger partial charge >= 0.3 is 5.97 Å². The third-order valence-electron chi connectivity index (χ3n) is 2.81. The lowest BCUT2D eigenvalue weighted by Gasteiger charge is -2.05. The fraction of sp³-hybridized carbons (Fsp3) is 0.375. The Morgan fingerprint density at radius 3 is 2.79 bits per heavy atom. The highest BCUT2D eigenvalue weighted by atomic mass is 16.5. The van der Waals surface area contributed by atoms with Crippen LogP contribution >= 0.6 is 0 Å². The van der Waals surface area contributed by atoms with E-state index in [0.717, 1.165) is 29.5 Å². The molecule has 0 aliphatic carbocycles. The minimum Gasteiger partial charge on any atom is -0.462 e. The van der Waals surface area contributed by atoms with Gasteiger partial charge in [-0.2, -0.15) is 5.26 Å². The number of benzene rings is 1. The Hall–Kier alpha value is -2.08. The third kappa shape index (κ3) is 4.59. The molecule has 3 heteroatoms. The summed E-state index contributed by atoms with van der Waals surface area (Å²) >= 11 is 0. The van der Waals surface area contributed by atoms with Crippen LogP contribution in [0.3, 0.4) is 0 Å². The highest BCUT2D eigenvalue weighted by molar-refractivity contribution is 5.98. The maximum absolute atomic E-state index is 11.7. The molecule has 1 aromatic rings. The maximum Gasteiger partial charge on any atom is 0.348 e. The fourth-order valence-electron chi connectivity index (χ4n) is 1.59. The van der Waals surface area contributed by atoms with Crippen LogP contribution in [0.2, 0.25) is 0 Å². The number of unbranched alkanes of at least 4 members (excludes halogenated alkanes) is 1. The number of aryl methyl sites for hydroxylation is 2. The number of hydrogen-bond acceptors (Lipinski definition) is 3. The summed E-state index contributed by atoms with van der Waals surface area (Å²) in [7, 11) is 0. The summed E-state index contributed by atoms with van der Waals surface area (Å²) in [6, 6.07) is 7.83. The average Bonchev–Trinajstić information content (AvgIpc) is 2.39. The van der Waals surface area contributed by atoms with Crippen LogP contribution in [0.5, 0.6) is 0 Å². The molecule has 0 radical (unpaired) electrons. The molecule has 0 heterocycles. The Balaban J connectivity index is 2.90. The number of carbonyl (C=O) groups excluding carboxylic acids is 1. The fourth-order valence-corrected chi connectivity index (χ4v) is 1.59. The maximum atomic E-state index is 11.7. The molecule has 100 valence electrons. The molecule has 0 unspecified atom stereocenters. The van der Waals surface area contributed by atoms with Crippen molar-refractivity contribution in [1.29, 1.82) is 5.26 Å². The van der Waals surface area contributed by atoms with Crippen molar-refractivity contribution in [3.8, 4) is 6.07 Å². The molecular weight excluding hydrogens is 238 g/mol. The van der Waals surface area contributed by atoms with Gasteiger partial charge in [-0.25, -0.2) is 4.79 Å². The second-order valence-corrected chi connectivity index (χ2v) is 4.52. The van der Waals surface area contributed by atoms with Crippen molar-refractivity contribution in [3.63, 3.8) is 0 Å². The van der Waals surface area contributed by atoms with Gasteiger partial charge in [-0.3, -0.25) is 0 Å². The minimum atomic E-state index is -0.545. The molecule has 19 heavy (non-hydrogen) atoms. The molecule has 1 aromatic carbocycles. The summed E-state index contributed by atoms with van der Waals surface area (Å²) in [6.07, 6.45) is 3.36. The quantitative estimate of drug-likeness (QED) is 0.351. The van der Waals surface area contributed by atoms with Crippen LogP contribution in [0.15, 0.2) is 23.8 Å². The number of rotatable bonds is 5. The summed E-state index contributed by atoms with van der Waals surface area (Å²) in [4.78, 5) is 11.7. The second-order valence-electron chi connectivity index (χ2n) is 4.52. The molecule has 0 atom stereocenters. The van der Waals surface area contributed by atoms with Crippen molar-refractivity contribution >= 4 is 12.0 Å². The van der Waals surface area contributed by atoms with E-state index in [0.29, 0.717) is 6.61 Å². The number of esters is 1. The van der Waals surface area contributed by atoms with E-state index in [1.807, 2.05) is 45.0 Å². The van der Waals surface area contributed by atoms with E-state index in [4.69, 9.17) is 10.00 Å². The molecule has 1 rings (SSSR count). The van der Waals surface area contributed by atoms with Crippen LogP contribution in [0.4, 0.5) is 0 Å². The van der Waals surface area contributed by atoms with Crippen molar-refractivity contribution in [2.45, 2.75) is 33.6 Å². The molecule has 0 N–H and O–H groups in total. The smallest absolute Gasteiger partial charge is 0.348 e. The van der Waals surface area contributed by atoms with Gasteiger partial charge in [0.25, 0.3) is 0 Å². The van der Waals surface area contributed by atoms with E-state index in [2.05, 4.69) is 0 Å². The SMILES string of the molecule is CCCCOC(=O)/C(C#N)=C/c1cc(C)ccc1C.